The van der Waals surface area contributed by atoms with Gasteiger partial charge < -0.3 is 14.8 Å². The molecule has 4 atom stereocenters. The first kappa shape index (κ1) is 17.9. The summed E-state index contributed by atoms with van der Waals surface area (Å²) in [7, 11) is 0. The number of piperidine rings is 1. The summed E-state index contributed by atoms with van der Waals surface area (Å²) in [6, 6.07) is -1.56. The molecule has 9 heteroatoms. The van der Waals surface area contributed by atoms with E-state index in [0.29, 0.717) is 32.6 Å². The molecule has 0 radical (unpaired) electrons. The second kappa shape index (κ2) is 7.15. The van der Waals surface area contributed by atoms with Crippen molar-refractivity contribution in [3.05, 3.63) is 0 Å². The number of hydrogen-bond donors (Lipinski definition) is 1. The van der Waals surface area contributed by atoms with Gasteiger partial charge in [0.25, 0.3) is 0 Å². The van der Waals surface area contributed by atoms with Crippen LogP contribution in [-0.4, -0.2) is 85.7 Å². The third-order valence-electron chi connectivity index (χ3n) is 5.08. The predicted molar refractivity (Wildman–Crippen MR) is 79.3 cm³/mol. The van der Waals surface area contributed by atoms with Crippen LogP contribution in [0.3, 0.4) is 0 Å². The van der Waals surface area contributed by atoms with Crippen molar-refractivity contribution in [3.63, 3.8) is 0 Å². The van der Waals surface area contributed by atoms with E-state index in [1.807, 2.05) is 6.92 Å². The van der Waals surface area contributed by atoms with Gasteiger partial charge in [0.1, 0.15) is 6.04 Å². The molecule has 0 saturated carbocycles. The Morgan fingerprint density at radius 2 is 1.79 bits per heavy atom. The molecule has 24 heavy (non-hydrogen) atoms. The van der Waals surface area contributed by atoms with Crippen LogP contribution in [0.15, 0.2) is 0 Å². The molecule has 0 aromatic heterocycles. The average Bonchev–Trinajstić information content (AvgIpc) is 2.54. The third kappa shape index (κ3) is 3.84. The topological polar surface area (TPSA) is 54.0 Å². The van der Waals surface area contributed by atoms with Gasteiger partial charge in [-0.1, -0.05) is 0 Å². The number of amides is 1. The van der Waals surface area contributed by atoms with E-state index >= 15 is 0 Å². The van der Waals surface area contributed by atoms with Gasteiger partial charge >= 0.3 is 6.18 Å². The zero-order valence-corrected chi connectivity index (χ0v) is 13.7. The standard InChI is InChI=1S/C15H24F3N3O3/c1-10-8-23-4-2-20(10)11-6-13(19-14(22)7-11)21-3-5-24-9-12(21)15(16,17)18/h10-13H,2-9H2,1H3,(H,19,22)/t10-,11?,12-,13?/m1/s1. The molecule has 1 amide bonds. The van der Waals surface area contributed by atoms with Crippen LogP contribution in [-0.2, 0) is 14.3 Å². The Labute approximate surface area is 139 Å². The lowest BCUT2D eigenvalue weighted by Gasteiger charge is -2.47. The second-order valence-corrected chi connectivity index (χ2v) is 6.71. The normalized spacial score (nSPS) is 37.2. The number of nitrogens with one attached hydrogen (secondary N) is 1. The van der Waals surface area contributed by atoms with Crippen molar-refractivity contribution < 1.29 is 27.4 Å². The summed E-state index contributed by atoms with van der Waals surface area (Å²) < 4.78 is 50.3. The zero-order chi connectivity index (χ0) is 17.3. The van der Waals surface area contributed by atoms with E-state index in [1.165, 1.54) is 4.90 Å². The number of rotatable bonds is 2. The second-order valence-electron chi connectivity index (χ2n) is 6.71. The highest BCUT2D eigenvalue weighted by molar-refractivity contribution is 5.77. The molecule has 0 spiro atoms. The highest BCUT2D eigenvalue weighted by Gasteiger charge is 2.49. The maximum absolute atomic E-state index is 13.3. The van der Waals surface area contributed by atoms with Gasteiger partial charge in [-0.25, -0.2) is 0 Å². The molecule has 0 aliphatic carbocycles. The van der Waals surface area contributed by atoms with Crippen molar-refractivity contribution >= 4 is 5.91 Å². The average molecular weight is 351 g/mol. The van der Waals surface area contributed by atoms with Gasteiger partial charge in [-0.2, -0.15) is 13.2 Å². The number of hydrogen-bond acceptors (Lipinski definition) is 5. The Hall–Kier alpha value is -0.900. The first-order valence-corrected chi connectivity index (χ1v) is 8.39. The fourth-order valence-electron chi connectivity index (χ4n) is 3.88. The first-order valence-electron chi connectivity index (χ1n) is 8.39. The SMILES string of the molecule is C[C@@H]1COCCN1C1CC(=O)NC(N2CCOC[C@@H]2C(F)(F)F)C1. The number of ether oxygens (including phenoxy) is 2. The van der Waals surface area contributed by atoms with E-state index in [9.17, 15) is 18.0 Å². The summed E-state index contributed by atoms with van der Waals surface area (Å²) in [4.78, 5) is 15.7. The monoisotopic (exact) mass is 351 g/mol. The van der Waals surface area contributed by atoms with Crippen LogP contribution < -0.4 is 5.32 Å². The quantitative estimate of drug-likeness (QED) is 0.789. The Morgan fingerprint density at radius 1 is 1.12 bits per heavy atom. The molecule has 3 fully saturated rings. The van der Waals surface area contributed by atoms with Crippen molar-refractivity contribution in [1.29, 1.82) is 0 Å². The number of nitrogens with zero attached hydrogens (tertiary/aromatic N) is 2. The zero-order valence-electron chi connectivity index (χ0n) is 13.7. The van der Waals surface area contributed by atoms with E-state index in [-0.39, 0.29) is 37.7 Å². The largest absolute Gasteiger partial charge is 0.406 e. The molecule has 3 rings (SSSR count). The summed E-state index contributed by atoms with van der Waals surface area (Å²) in [6.45, 7) is 3.94. The van der Waals surface area contributed by atoms with E-state index in [4.69, 9.17) is 9.47 Å². The summed E-state index contributed by atoms with van der Waals surface area (Å²) >= 11 is 0. The van der Waals surface area contributed by atoms with Gasteiger partial charge in [0, 0.05) is 31.6 Å². The Kier molecular flexibility index (Phi) is 5.33. The van der Waals surface area contributed by atoms with E-state index < -0.39 is 18.4 Å². The minimum absolute atomic E-state index is 0.0561. The molecular weight excluding hydrogens is 327 g/mol. The summed E-state index contributed by atoms with van der Waals surface area (Å²) in [5, 5.41) is 2.75. The van der Waals surface area contributed by atoms with Crippen LogP contribution >= 0.6 is 0 Å². The van der Waals surface area contributed by atoms with Crippen molar-refractivity contribution in [1.82, 2.24) is 15.1 Å². The summed E-state index contributed by atoms with van der Waals surface area (Å²) in [5.41, 5.74) is 0. The molecule has 138 valence electrons. The number of halogens is 3. The maximum atomic E-state index is 13.3. The molecular formula is C15H24F3N3O3. The molecule has 3 aliphatic rings. The molecule has 3 heterocycles. The highest BCUT2D eigenvalue weighted by Crippen LogP contribution is 2.31. The van der Waals surface area contributed by atoms with E-state index in [1.54, 1.807) is 0 Å². The van der Waals surface area contributed by atoms with Crippen molar-refractivity contribution in [2.24, 2.45) is 0 Å². The van der Waals surface area contributed by atoms with Crippen LogP contribution in [0.5, 0.6) is 0 Å². The molecule has 3 aliphatic heterocycles. The third-order valence-corrected chi connectivity index (χ3v) is 5.08. The molecule has 0 aromatic rings. The number of morpholine rings is 2. The fourth-order valence-corrected chi connectivity index (χ4v) is 3.88. The van der Waals surface area contributed by atoms with Crippen LogP contribution in [0.2, 0.25) is 0 Å². The lowest BCUT2D eigenvalue weighted by molar-refractivity contribution is -0.223. The molecule has 0 bridgehead atoms. The van der Waals surface area contributed by atoms with E-state index in [0.717, 1.165) is 0 Å². The van der Waals surface area contributed by atoms with Crippen LogP contribution in [0.25, 0.3) is 0 Å². The summed E-state index contributed by atoms with van der Waals surface area (Å²) in [5.74, 6) is -0.192. The van der Waals surface area contributed by atoms with Gasteiger partial charge in [-0.15, -0.1) is 0 Å². The minimum Gasteiger partial charge on any atom is -0.379 e. The van der Waals surface area contributed by atoms with Crippen molar-refractivity contribution in [3.8, 4) is 0 Å². The van der Waals surface area contributed by atoms with Gasteiger partial charge in [-0.3, -0.25) is 14.6 Å². The van der Waals surface area contributed by atoms with Gasteiger partial charge in [-0.05, 0) is 13.3 Å². The smallest absolute Gasteiger partial charge is 0.379 e. The van der Waals surface area contributed by atoms with Gasteiger partial charge in [0.05, 0.1) is 32.6 Å². The van der Waals surface area contributed by atoms with E-state index in [2.05, 4.69) is 10.2 Å². The molecule has 2 unspecified atom stereocenters. The lowest BCUT2D eigenvalue weighted by atomic mass is 9.97. The van der Waals surface area contributed by atoms with Crippen LogP contribution in [0.1, 0.15) is 19.8 Å². The van der Waals surface area contributed by atoms with Gasteiger partial charge in [0.15, 0.2) is 0 Å². The Balaban J connectivity index is 1.73. The molecule has 0 aromatic carbocycles. The highest BCUT2D eigenvalue weighted by atomic mass is 19.4. The van der Waals surface area contributed by atoms with Crippen LogP contribution in [0, 0.1) is 0 Å². The fraction of sp³-hybridized carbons (Fsp3) is 0.933. The number of carbonyl (C=O) groups is 1. The minimum atomic E-state index is -4.37. The first-order chi connectivity index (χ1) is 11.4. The molecule has 6 nitrogen and oxygen atoms in total. The van der Waals surface area contributed by atoms with Crippen LogP contribution in [0.4, 0.5) is 13.2 Å². The number of carbonyl (C=O) groups excluding carboxylic acids is 1. The van der Waals surface area contributed by atoms with Crippen molar-refractivity contribution in [2.75, 3.05) is 39.5 Å². The number of alkyl halides is 3. The van der Waals surface area contributed by atoms with Gasteiger partial charge in [0.2, 0.25) is 5.91 Å². The van der Waals surface area contributed by atoms with Crippen molar-refractivity contribution in [2.45, 2.75) is 50.2 Å². The maximum Gasteiger partial charge on any atom is 0.406 e. The Bertz CT molecular complexity index is 463. The molecule has 1 N–H and O–H groups in total. The predicted octanol–water partition coefficient (Wildman–Crippen LogP) is 0.575. The summed E-state index contributed by atoms with van der Waals surface area (Å²) in [6.07, 6.45) is -4.17. The Morgan fingerprint density at radius 3 is 2.46 bits per heavy atom. The lowest BCUT2D eigenvalue weighted by Crippen LogP contribution is -2.65. The molecule has 3 saturated heterocycles.